The number of fused-ring (bicyclic) bond motifs is 7. The van der Waals surface area contributed by atoms with Gasteiger partial charge in [-0.1, -0.05) is 70.7 Å². The van der Waals surface area contributed by atoms with Crippen molar-refractivity contribution in [1.82, 2.24) is 0 Å². The largest absolute Gasteiger partial charge is 0.481 e. The van der Waals surface area contributed by atoms with E-state index in [2.05, 4.69) is 60.0 Å². The minimum Gasteiger partial charge on any atom is -0.481 e. The summed E-state index contributed by atoms with van der Waals surface area (Å²) in [6, 6.07) is 7.77. The molecule has 43 heavy (non-hydrogen) atoms. The van der Waals surface area contributed by atoms with Crippen molar-refractivity contribution in [2.45, 2.75) is 112 Å². The summed E-state index contributed by atoms with van der Waals surface area (Å²) in [4.78, 5) is 13.0. The second-order valence-corrected chi connectivity index (χ2v) is 17.0. The van der Waals surface area contributed by atoms with Crippen LogP contribution in [0.1, 0.15) is 111 Å². The van der Waals surface area contributed by atoms with Gasteiger partial charge in [-0.25, -0.2) is 0 Å². The quantitative estimate of drug-likeness (QED) is 0.189. The number of carbonyl (C=O) groups is 1. The van der Waals surface area contributed by atoms with E-state index in [0.717, 1.165) is 56.9 Å². The number of benzene rings is 1. The van der Waals surface area contributed by atoms with E-state index in [1.54, 1.807) is 0 Å². The molecule has 0 aromatic heterocycles. The highest BCUT2D eigenvalue weighted by Crippen LogP contribution is 2.77. The first kappa shape index (κ1) is 30.8. The van der Waals surface area contributed by atoms with E-state index in [1.807, 2.05) is 24.3 Å². The number of anilines is 1. The number of para-hydroxylation sites is 1. The Morgan fingerprint density at radius 2 is 1.70 bits per heavy atom. The van der Waals surface area contributed by atoms with Gasteiger partial charge in [-0.15, -0.1) is 0 Å². The fourth-order valence-corrected chi connectivity index (χ4v) is 12.9. The Labute approximate surface area is 260 Å². The number of nitrogens with two attached hydrogens (primary N) is 1. The molecule has 5 fully saturated rings. The van der Waals surface area contributed by atoms with E-state index in [-0.39, 0.29) is 39.6 Å². The molecule has 4 N–H and O–H groups in total. The number of nitrogen functional groups attached to an aromatic ring is 1. The average Bonchev–Trinajstić information content (AvgIpc) is 3.34. The van der Waals surface area contributed by atoms with Gasteiger partial charge in [0.15, 0.2) is 0 Å². The number of hydrogen-bond acceptors (Lipinski definition) is 3. The van der Waals surface area contributed by atoms with Crippen LogP contribution >= 0.6 is 0 Å². The third-order valence-electron chi connectivity index (χ3n) is 15.1. The monoisotopic (exact) mass is 585 g/mol. The highest BCUT2D eigenvalue weighted by atomic mass is 16.4. The SMILES string of the molecule is C=C(C)[C@@H]1CC[C@]2(C(=O)O)CC[C@]3(C)[C@H](CC[C@@H]4[C@@]5(C)C[C@@H](CC#Cc6ccccc6N)[C@H](O)C(C)(C)[C@@H]5CC[C@]43C)[C@@H]12. The number of allylic oxidation sites excluding steroid dienone is 1. The predicted molar refractivity (Wildman–Crippen MR) is 174 cm³/mol. The Hall–Kier alpha value is -2.25. The molecule has 6 rings (SSSR count). The van der Waals surface area contributed by atoms with Gasteiger partial charge in [-0.05, 0) is 134 Å². The van der Waals surface area contributed by atoms with Crippen molar-refractivity contribution in [2.24, 2.45) is 62.6 Å². The molecule has 0 unspecified atom stereocenters. The Morgan fingerprint density at radius 3 is 2.37 bits per heavy atom. The van der Waals surface area contributed by atoms with Gasteiger partial charge in [0.05, 0.1) is 11.5 Å². The Balaban J connectivity index is 1.34. The van der Waals surface area contributed by atoms with E-state index < -0.39 is 11.4 Å². The molecule has 5 aliphatic rings. The topological polar surface area (TPSA) is 83.5 Å². The summed E-state index contributed by atoms with van der Waals surface area (Å²) in [5, 5.41) is 22.5. The number of aliphatic hydroxyl groups is 1. The number of hydrogen-bond donors (Lipinski definition) is 3. The standard InChI is InChI=1S/C39H55NO3/c1-24(2)27-17-20-39(34(42)43)22-21-37(6)28(32(27)39)15-16-31-36(5)23-26(13-10-12-25-11-8-9-14-29(25)40)33(41)35(3,4)30(36)18-19-38(31,37)7/h8-9,11,14,26-28,30-33,41H,1,13,15-23,40H2,2-7H3,(H,42,43)/t26-,27+,28-,30+,31-,32-,33+,36+,37-,38-,39+/m1/s1. The van der Waals surface area contributed by atoms with Gasteiger partial charge < -0.3 is 15.9 Å². The van der Waals surface area contributed by atoms with Gasteiger partial charge >= 0.3 is 5.97 Å². The summed E-state index contributed by atoms with van der Waals surface area (Å²) in [6.07, 6.45) is 9.46. The molecule has 0 bridgehead atoms. The summed E-state index contributed by atoms with van der Waals surface area (Å²) in [5.74, 6) is 8.24. The molecule has 5 aliphatic carbocycles. The molecular formula is C39H55NO3. The molecule has 0 radical (unpaired) electrons. The normalized spacial score (nSPS) is 46.3. The summed E-state index contributed by atoms with van der Waals surface area (Å²) >= 11 is 0. The number of carboxylic acid groups (broad SMARTS) is 1. The van der Waals surface area contributed by atoms with Crippen molar-refractivity contribution in [3.8, 4) is 11.8 Å². The zero-order chi connectivity index (χ0) is 31.2. The van der Waals surface area contributed by atoms with E-state index in [9.17, 15) is 15.0 Å². The zero-order valence-electron chi connectivity index (χ0n) is 27.5. The Bertz CT molecular complexity index is 1370. The highest BCUT2D eigenvalue weighted by molar-refractivity contribution is 5.76. The lowest BCUT2D eigenvalue weighted by Gasteiger charge is -2.73. The molecule has 0 heterocycles. The van der Waals surface area contributed by atoms with Crippen molar-refractivity contribution < 1.29 is 15.0 Å². The molecule has 0 spiro atoms. The second kappa shape index (κ2) is 10.1. The van der Waals surface area contributed by atoms with Crippen LogP contribution in [0.3, 0.4) is 0 Å². The van der Waals surface area contributed by atoms with E-state index in [1.165, 1.54) is 12.0 Å². The number of rotatable bonds is 3. The molecule has 0 saturated heterocycles. The van der Waals surface area contributed by atoms with E-state index in [4.69, 9.17) is 5.73 Å². The van der Waals surface area contributed by atoms with Crippen molar-refractivity contribution in [3.05, 3.63) is 42.0 Å². The molecule has 234 valence electrons. The van der Waals surface area contributed by atoms with Gasteiger partial charge in [-0.2, -0.15) is 0 Å². The minimum absolute atomic E-state index is 0.103. The molecule has 4 heteroatoms. The van der Waals surface area contributed by atoms with Crippen LogP contribution in [0.2, 0.25) is 0 Å². The maximum atomic E-state index is 13.0. The third-order valence-corrected chi connectivity index (χ3v) is 15.1. The van der Waals surface area contributed by atoms with Crippen LogP contribution in [0.15, 0.2) is 36.4 Å². The molecule has 1 aromatic rings. The molecule has 1 aromatic carbocycles. The Morgan fingerprint density at radius 1 is 0.977 bits per heavy atom. The van der Waals surface area contributed by atoms with Crippen LogP contribution in [-0.4, -0.2) is 22.3 Å². The number of aliphatic carboxylic acids is 1. The van der Waals surface area contributed by atoms with E-state index >= 15 is 0 Å². The summed E-state index contributed by atoms with van der Waals surface area (Å²) < 4.78 is 0. The number of aliphatic hydroxyl groups excluding tert-OH is 1. The van der Waals surface area contributed by atoms with Crippen LogP contribution in [0.5, 0.6) is 0 Å². The molecule has 0 aliphatic heterocycles. The number of carboxylic acids is 1. The van der Waals surface area contributed by atoms with Gasteiger partial charge in [0.25, 0.3) is 0 Å². The molecule has 0 amide bonds. The van der Waals surface area contributed by atoms with E-state index in [0.29, 0.717) is 35.8 Å². The lowest BCUT2D eigenvalue weighted by atomic mass is 9.31. The van der Waals surface area contributed by atoms with Gasteiger partial charge in [0.2, 0.25) is 0 Å². The molecule has 11 atom stereocenters. The van der Waals surface area contributed by atoms with Crippen molar-refractivity contribution in [3.63, 3.8) is 0 Å². The predicted octanol–water partition coefficient (Wildman–Crippen LogP) is 8.34. The van der Waals surface area contributed by atoms with Crippen LogP contribution in [0, 0.1) is 74.4 Å². The van der Waals surface area contributed by atoms with Crippen molar-refractivity contribution >= 4 is 11.7 Å². The average molecular weight is 586 g/mol. The first-order chi connectivity index (χ1) is 20.1. The second-order valence-electron chi connectivity index (χ2n) is 17.0. The van der Waals surface area contributed by atoms with Crippen LogP contribution in [0.4, 0.5) is 5.69 Å². The van der Waals surface area contributed by atoms with Crippen molar-refractivity contribution in [2.75, 3.05) is 5.73 Å². The fraction of sp³-hybridized carbons (Fsp3) is 0.718. The highest BCUT2D eigenvalue weighted by Gasteiger charge is 2.72. The lowest BCUT2D eigenvalue weighted by molar-refractivity contribution is -0.256. The van der Waals surface area contributed by atoms with Gasteiger partial charge in [-0.3, -0.25) is 4.79 Å². The third kappa shape index (κ3) is 4.16. The smallest absolute Gasteiger partial charge is 0.309 e. The summed E-state index contributed by atoms with van der Waals surface area (Å²) in [6.45, 7) is 18.9. The lowest BCUT2D eigenvalue weighted by Crippen LogP contribution is -2.68. The summed E-state index contributed by atoms with van der Waals surface area (Å²) in [7, 11) is 0. The maximum Gasteiger partial charge on any atom is 0.309 e. The first-order valence-corrected chi connectivity index (χ1v) is 17.0. The molecule has 5 saturated carbocycles. The van der Waals surface area contributed by atoms with Gasteiger partial charge in [0.1, 0.15) is 0 Å². The van der Waals surface area contributed by atoms with Crippen LogP contribution < -0.4 is 5.73 Å². The maximum absolute atomic E-state index is 13.0. The molecule has 4 nitrogen and oxygen atoms in total. The Kier molecular flexibility index (Phi) is 7.25. The van der Waals surface area contributed by atoms with Crippen LogP contribution in [0.25, 0.3) is 0 Å². The minimum atomic E-state index is -0.582. The molecular weight excluding hydrogens is 530 g/mol. The van der Waals surface area contributed by atoms with Crippen molar-refractivity contribution in [1.29, 1.82) is 0 Å². The zero-order valence-corrected chi connectivity index (χ0v) is 27.5. The summed E-state index contributed by atoms with van der Waals surface area (Å²) in [5.41, 5.74) is 8.49. The fourth-order valence-electron chi connectivity index (χ4n) is 12.9. The van der Waals surface area contributed by atoms with Crippen LogP contribution in [-0.2, 0) is 4.79 Å². The van der Waals surface area contributed by atoms with Gasteiger partial charge in [0, 0.05) is 17.7 Å². The first-order valence-electron chi connectivity index (χ1n) is 17.0.